The van der Waals surface area contributed by atoms with Crippen molar-refractivity contribution in [2.24, 2.45) is 0 Å². The summed E-state index contributed by atoms with van der Waals surface area (Å²) < 4.78 is 39.6. The van der Waals surface area contributed by atoms with E-state index in [1.54, 1.807) is 48.5 Å². The molecule has 0 aliphatic heterocycles. The molecule has 1 N–H and O–H groups in total. The lowest BCUT2D eigenvalue weighted by molar-refractivity contribution is -0.142. The minimum atomic E-state index is -4.48. The third kappa shape index (κ3) is 6.56. The van der Waals surface area contributed by atoms with Gasteiger partial charge in [0.2, 0.25) is 0 Å². The van der Waals surface area contributed by atoms with E-state index in [-0.39, 0.29) is 23.6 Å². The Morgan fingerprint density at radius 1 is 0.921 bits per heavy atom. The van der Waals surface area contributed by atoms with Gasteiger partial charge in [-0.05, 0) is 53.6 Å². The summed E-state index contributed by atoms with van der Waals surface area (Å²) in [5, 5.41) is 10.5. The Labute approximate surface area is 230 Å². The lowest BCUT2D eigenvalue weighted by atomic mass is 10.0. The number of carboxylic acid groups (broad SMARTS) is 1. The molecule has 1 atom stereocenters. The zero-order chi connectivity index (χ0) is 27.4. The molecule has 0 fully saturated rings. The van der Waals surface area contributed by atoms with Crippen LogP contribution in [0.15, 0.2) is 84.9 Å². The van der Waals surface area contributed by atoms with Gasteiger partial charge < -0.3 is 10.0 Å². The van der Waals surface area contributed by atoms with E-state index in [4.69, 9.17) is 23.2 Å². The maximum Gasteiger partial charge on any atom is 0.416 e. The van der Waals surface area contributed by atoms with Crippen LogP contribution in [0.4, 0.5) is 13.2 Å². The predicted octanol–water partition coefficient (Wildman–Crippen LogP) is 8.08. The Kier molecular flexibility index (Phi) is 8.45. The monoisotopic (exact) mass is 577 g/mol. The molecule has 196 valence electrons. The van der Waals surface area contributed by atoms with Crippen LogP contribution in [0, 0.1) is 0 Å². The summed E-state index contributed by atoms with van der Waals surface area (Å²) in [5.74, 6) is -1.81. The van der Waals surface area contributed by atoms with Gasteiger partial charge in [0.25, 0.3) is 5.91 Å². The topological polar surface area (TPSA) is 57.6 Å². The van der Waals surface area contributed by atoms with Crippen molar-refractivity contribution >= 4 is 46.4 Å². The molecule has 4 rings (SSSR count). The molecule has 0 bridgehead atoms. The van der Waals surface area contributed by atoms with Crippen molar-refractivity contribution in [3.05, 3.63) is 117 Å². The predicted molar refractivity (Wildman–Crippen MR) is 143 cm³/mol. The number of carbonyl (C=O) groups excluding carboxylic acids is 1. The second-order valence-corrected chi connectivity index (χ2v) is 10.5. The van der Waals surface area contributed by atoms with Crippen molar-refractivity contribution in [2.75, 3.05) is 0 Å². The van der Waals surface area contributed by atoms with Crippen molar-refractivity contribution < 1.29 is 27.9 Å². The number of hydrogen-bond acceptors (Lipinski definition) is 3. The van der Waals surface area contributed by atoms with Gasteiger partial charge in [-0.1, -0.05) is 65.7 Å². The second-order valence-electron chi connectivity index (χ2n) is 8.45. The molecule has 4 nitrogen and oxygen atoms in total. The summed E-state index contributed by atoms with van der Waals surface area (Å²) in [6.07, 6.45) is -4.44. The number of thiophene rings is 1. The zero-order valence-corrected chi connectivity index (χ0v) is 21.9. The number of rotatable bonds is 8. The van der Waals surface area contributed by atoms with E-state index >= 15 is 0 Å². The summed E-state index contributed by atoms with van der Waals surface area (Å²) in [6.45, 7) is -0.0920. The summed E-state index contributed by atoms with van der Waals surface area (Å²) >= 11 is 13.4. The Bertz CT molecular complexity index is 1460. The Morgan fingerprint density at radius 3 is 2.32 bits per heavy atom. The van der Waals surface area contributed by atoms with Gasteiger partial charge >= 0.3 is 12.1 Å². The number of aliphatic carboxylic acids is 1. The van der Waals surface area contributed by atoms with E-state index in [1.807, 2.05) is 0 Å². The van der Waals surface area contributed by atoms with Crippen molar-refractivity contribution in [3.8, 4) is 10.4 Å². The number of amides is 1. The maximum absolute atomic E-state index is 13.7. The van der Waals surface area contributed by atoms with E-state index in [0.29, 0.717) is 20.3 Å². The lowest BCUT2D eigenvalue weighted by Gasteiger charge is -2.29. The average Bonchev–Trinajstić information content (AvgIpc) is 3.34. The summed E-state index contributed by atoms with van der Waals surface area (Å²) in [4.78, 5) is 28.4. The van der Waals surface area contributed by atoms with Crippen LogP contribution in [-0.2, 0) is 23.9 Å². The molecule has 4 aromatic rings. The summed E-state index contributed by atoms with van der Waals surface area (Å²) in [5.41, 5.74) is 0.405. The van der Waals surface area contributed by atoms with Crippen LogP contribution < -0.4 is 0 Å². The van der Waals surface area contributed by atoms with E-state index in [1.165, 1.54) is 40.5 Å². The summed E-state index contributed by atoms with van der Waals surface area (Å²) in [6, 6.07) is 20.2. The Morgan fingerprint density at radius 2 is 1.66 bits per heavy atom. The van der Waals surface area contributed by atoms with Crippen LogP contribution in [0.2, 0.25) is 10.0 Å². The first-order valence-corrected chi connectivity index (χ1v) is 12.9. The van der Waals surface area contributed by atoms with Crippen LogP contribution in [0.3, 0.4) is 0 Å². The molecule has 3 aromatic carbocycles. The number of benzene rings is 3. The smallest absolute Gasteiger partial charge is 0.416 e. The highest BCUT2D eigenvalue weighted by Crippen LogP contribution is 2.35. The Balaban J connectivity index is 1.70. The molecule has 0 saturated heterocycles. The zero-order valence-electron chi connectivity index (χ0n) is 19.6. The molecular formula is C28H20Cl2F3NO3S. The molecule has 1 amide bonds. The number of halogens is 5. The molecule has 1 heterocycles. The molecule has 0 aliphatic carbocycles. The average molecular weight is 578 g/mol. The number of carboxylic acids is 1. The molecule has 0 aliphatic rings. The highest BCUT2D eigenvalue weighted by atomic mass is 35.5. The van der Waals surface area contributed by atoms with Gasteiger partial charge in [0, 0.05) is 21.2 Å². The molecule has 0 radical (unpaired) electrons. The van der Waals surface area contributed by atoms with Gasteiger partial charge in [-0.15, -0.1) is 11.3 Å². The fourth-order valence-electron chi connectivity index (χ4n) is 3.94. The fourth-order valence-corrected chi connectivity index (χ4v) is 5.44. The van der Waals surface area contributed by atoms with E-state index < -0.39 is 29.7 Å². The minimum Gasteiger partial charge on any atom is -0.480 e. The first kappa shape index (κ1) is 27.7. The largest absolute Gasteiger partial charge is 0.480 e. The Hall–Kier alpha value is -3.33. The molecule has 38 heavy (non-hydrogen) atoms. The molecule has 10 heteroatoms. The highest BCUT2D eigenvalue weighted by Gasteiger charge is 2.33. The highest BCUT2D eigenvalue weighted by molar-refractivity contribution is 7.15. The van der Waals surface area contributed by atoms with E-state index in [2.05, 4.69) is 0 Å². The number of hydrogen-bond donors (Lipinski definition) is 1. The third-order valence-corrected chi connectivity index (χ3v) is 7.48. The first-order chi connectivity index (χ1) is 18.0. The second kappa shape index (κ2) is 11.6. The van der Waals surface area contributed by atoms with E-state index in [0.717, 1.165) is 17.7 Å². The van der Waals surface area contributed by atoms with Crippen LogP contribution in [0.5, 0.6) is 0 Å². The van der Waals surface area contributed by atoms with E-state index in [9.17, 15) is 27.9 Å². The molecular weight excluding hydrogens is 558 g/mol. The van der Waals surface area contributed by atoms with Gasteiger partial charge in [0.15, 0.2) is 0 Å². The third-order valence-electron chi connectivity index (χ3n) is 5.82. The number of nitrogens with zero attached hydrogens (tertiary/aromatic N) is 1. The number of carbonyl (C=O) groups is 2. The van der Waals surface area contributed by atoms with Gasteiger partial charge in [0.05, 0.1) is 22.7 Å². The standard InChI is InChI=1S/C28H20Cl2F3NO3S/c29-20-9-11-22(23(30)15-20)26(35)34(24(27(36)37)13-17-5-2-1-3-6-17)16-21-10-12-25(38-21)18-7-4-8-19(14-18)28(31,32)33/h1-12,14-15,24H,13,16H2,(H,36,37). The van der Waals surface area contributed by atoms with Crippen LogP contribution in [0.25, 0.3) is 10.4 Å². The SMILES string of the molecule is O=C(O)C(Cc1ccccc1)N(Cc1ccc(-c2cccc(C(F)(F)F)c2)s1)C(=O)c1ccc(Cl)cc1Cl. The molecule has 0 spiro atoms. The van der Waals surface area contributed by atoms with Crippen molar-refractivity contribution in [3.63, 3.8) is 0 Å². The quantitative estimate of drug-likeness (QED) is 0.230. The summed E-state index contributed by atoms with van der Waals surface area (Å²) in [7, 11) is 0. The van der Waals surface area contributed by atoms with Gasteiger partial charge in [-0.2, -0.15) is 13.2 Å². The fraction of sp³-hybridized carbons (Fsp3) is 0.143. The van der Waals surface area contributed by atoms with Crippen LogP contribution in [-0.4, -0.2) is 27.9 Å². The van der Waals surface area contributed by atoms with Gasteiger partial charge in [-0.3, -0.25) is 4.79 Å². The molecule has 1 aromatic heterocycles. The van der Waals surface area contributed by atoms with Crippen molar-refractivity contribution in [1.82, 2.24) is 4.90 Å². The van der Waals surface area contributed by atoms with Crippen LogP contribution in [0.1, 0.15) is 26.4 Å². The normalized spacial score (nSPS) is 12.2. The van der Waals surface area contributed by atoms with Crippen LogP contribution >= 0.6 is 34.5 Å². The van der Waals surface area contributed by atoms with Crippen molar-refractivity contribution in [2.45, 2.75) is 25.2 Å². The molecule has 1 unspecified atom stereocenters. The van der Waals surface area contributed by atoms with Gasteiger partial charge in [0.1, 0.15) is 6.04 Å². The molecule has 0 saturated carbocycles. The lowest BCUT2D eigenvalue weighted by Crippen LogP contribution is -2.46. The van der Waals surface area contributed by atoms with Gasteiger partial charge in [-0.25, -0.2) is 4.79 Å². The number of alkyl halides is 3. The minimum absolute atomic E-state index is 0.0407. The first-order valence-electron chi connectivity index (χ1n) is 11.3. The maximum atomic E-state index is 13.7. The van der Waals surface area contributed by atoms with Crippen molar-refractivity contribution in [1.29, 1.82) is 0 Å².